The van der Waals surface area contributed by atoms with Crippen LogP contribution in [0.4, 0.5) is 8.78 Å². The molecule has 1 aliphatic heterocycles. The summed E-state index contributed by atoms with van der Waals surface area (Å²) in [6.07, 6.45) is 0.618. The third kappa shape index (κ3) is 4.45. The second-order valence-corrected chi connectivity index (χ2v) is 6.63. The molecule has 0 aliphatic carbocycles. The van der Waals surface area contributed by atoms with E-state index in [9.17, 15) is 18.4 Å². The van der Waals surface area contributed by atoms with Gasteiger partial charge in [0.25, 0.3) is 0 Å². The minimum absolute atomic E-state index is 0.0402. The first-order chi connectivity index (χ1) is 11.5. The number of aliphatic carboxylic acids is 1. The molecular formula is C16H19F2NO4S. The quantitative estimate of drug-likeness (QED) is 0.728. The van der Waals surface area contributed by atoms with Crippen LogP contribution in [0.25, 0.3) is 0 Å². The number of hydrogen-bond acceptors (Lipinski definition) is 4. The normalized spacial score (nSPS) is 16.6. The van der Waals surface area contributed by atoms with E-state index in [1.807, 2.05) is 0 Å². The van der Waals surface area contributed by atoms with Crippen LogP contribution in [0.3, 0.4) is 0 Å². The van der Waals surface area contributed by atoms with E-state index in [0.29, 0.717) is 31.8 Å². The topological polar surface area (TPSA) is 75.6 Å². The summed E-state index contributed by atoms with van der Waals surface area (Å²) in [5, 5.41) is 11.3. The van der Waals surface area contributed by atoms with E-state index >= 15 is 0 Å². The number of amides is 1. The molecule has 0 bridgehead atoms. The van der Waals surface area contributed by atoms with Crippen molar-refractivity contribution in [2.24, 2.45) is 0 Å². The van der Waals surface area contributed by atoms with Crippen molar-refractivity contribution in [3.63, 3.8) is 0 Å². The molecule has 0 unspecified atom stereocenters. The van der Waals surface area contributed by atoms with Crippen molar-refractivity contribution in [1.82, 2.24) is 5.32 Å². The molecule has 1 amide bonds. The zero-order valence-corrected chi connectivity index (χ0v) is 13.8. The van der Waals surface area contributed by atoms with Crippen LogP contribution in [0.2, 0.25) is 0 Å². The van der Waals surface area contributed by atoms with Gasteiger partial charge < -0.3 is 15.2 Å². The second kappa shape index (κ2) is 8.43. The van der Waals surface area contributed by atoms with Crippen molar-refractivity contribution < 1.29 is 28.2 Å². The van der Waals surface area contributed by atoms with Crippen molar-refractivity contribution in [2.75, 3.05) is 31.3 Å². The molecule has 1 aromatic carbocycles. The van der Waals surface area contributed by atoms with Gasteiger partial charge in [0.05, 0.1) is 11.2 Å². The number of rotatable bonds is 7. The maximum Gasteiger partial charge on any atom is 0.313 e. The number of carboxylic acid groups (broad SMARTS) is 1. The van der Waals surface area contributed by atoms with E-state index in [1.165, 1.54) is 17.8 Å². The molecule has 5 nitrogen and oxygen atoms in total. The lowest BCUT2D eigenvalue weighted by molar-refractivity contribution is -0.134. The van der Waals surface area contributed by atoms with Crippen LogP contribution in [0.5, 0.6) is 0 Å². The van der Waals surface area contributed by atoms with E-state index in [2.05, 4.69) is 5.32 Å². The van der Waals surface area contributed by atoms with E-state index in [0.717, 1.165) is 12.1 Å². The number of nitrogens with one attached hydrogen (secondary N) is 1. The zero-order valence-electron chi connectivity index (χ0n) is 13.0. The van der Waals surface area contributed by atoms with Gasteiger partial charge in [0.1, 0.15) is 11.6 Å². The molecule has 0 atom stereocenters. The Bertz CT molecular complexity index is 606. The van der Waals surface area contributed by atoms with E-state index < -0.39 is 23.0 Å². The van der Waals surface area contributed by atoms with Gasteiger partial charge in [-0.15, -0.1) is 11.8 Å². The fourth-order valence-corrected chi connectivity index (χ4v) is 3.35. The third-order valence-electron chi connectivity index (χ3n) is 3.99. The molecule has 1 aliphatic rings. The maximum absolute atomic E-state index is 14.2. The van der Waals surface area contributed by atoms with Crippen molar-refractivity contribution in [3.8, 4) is 0 Å². The van der Waals surface area contributed by atoms with Gasteiger partial charge in [0.2, 0.25) is 5.91 Å². The van der Waals surface area contributed by atoms with Gasteiger partial charge in [-0.25, -0.2) is 8.78 Å². The van der Waals surface area contributed by atoms with Crippen LogP contribution >= 0.6 is 11.8 Å². The predicted molar refractivity (Wildman–Crippen MR) is 86.1 cm³/mol. The lowest BCUT2D eigenvalue weighted by atomic mass is 9.73. The summed E-state index contributed by atoms with van der Waals surface area (Å²) in [6.45, 7) is 0.915. The predicted octanol–water partition coefficient (Wildman–Crippen LogP) is 1.95. The van der Waals surface area contributed by atoms with Crippen molar-refractivity contribution >= 4 is 23.6 Å². The average Bonchev–Trinajstić information content (AvgIpc) is 2.54. The largest absolute Gasteiger partial charge is 0.481 e. The van der Waals surface area contributed by atoms with E-state index in [-0.39, 0.29) is 23.8 Å². The monoisotopic (exact) mass is 359 g/mol. The Morgan fingerprint density at radius 2 is 2.00 bits per heavy atom. The summed E-state index contributed by atoms with van der Waals surface area (Å²) in [5.41, 5.74) is -0.920. The second-order valence-electron chi connectivity index (χ2n) is 5.52. The average molecular weight is 359 g/mol. The van der Waals surface area contributed by atoms with Crippen molar-refractivity contribution in [1.29, 1.82) is 0 Å². The number of benzene rings is 1. The summed E-state index contributed by atoms with van der Waals surface area (Å²) in [4.78, 5) is 23.2. The van der Waals surface area contributed by atoms with Gasteiger partial charge in [0.15, 0.2) is 0 Å². The summed E-state index contributed by atoms with van der Waals surface area (Å²) >= 11 is 1.19. The first-order valence-electron chi connectivity index (χ1n) is 7.57. The van der Waals surface area contributed by atoms with E-state index in [4.69, 9.17) is 9.84 Å². The van der Waals surface area contributed by atoms with Gasteiger partial charge in [-0.1, -0.05) is 6.07 Å². The zero-order chi connectivity index (χ0) is 17.6. The fourth-order valence-electron chi connectivity index (χ4n) is 2.78. The smallest absolute Gasteiger partial charge is 0.313 e. The molecule has 24 heavy (non-hydrogen) atoms. The molecule has 2 rings (SSSR count). The van der Waals surface area contributed by atoms with Crippen molar-refractivity contribution in [3.05, 3.63) is 35.4 Å². The molecule has 1 fully saturated rings. The van der Waals surface area contributed by atoms with E-state index in [1.54, 1.807) is 0 Å². The van der Waals surface area contributed by atoms with Gasteiger partial charge in [0, 0.05) is 37.1 Å². The van der Waals surface area contributed by atoms with Crippen LogP contribution in [-0.4, -0.2) is 48.2 Å². The standard InChI is InChI=1S/C16H19F2NO4S/c17-11-1-2-12(13(18)9-11)16(3-6-23-7-4-16)15(22)19-5-8-24-10-14(20)21/h1-2,9H,3-8,10H2,(H,19,22)(H,20,21). The summed E-state index contributed by atoms with van der Waals surface area (Å²) < 4.78 is 32.7. The maximum atomic E-state index is 14.2. The highest BCUT2D eigenvalue weighted by Crippen LogP contribution is 2.36. The molecular weight excluding hydrogens is 340 g/mol. The summed E-state index contributed by atoms with van der Waals surface area (Å²) in [7, 11) is 0. The van der Waals surface area contributed by atoms with Crippen LogP contribution < -0.4 is 5.32 Å². The molecule has 1 aromatic rings. The van der Waals surface area contributed by atoms with Crippen LogP contribution in [-0.2, 0) is 19.7 Å². The summed E-state index contributed by atoms with van der Waals surface area (Å²) in [5.74, 6) is -2.29. The van der Waals surface area contributed by atoms with Gasteiger partial charge >= 0.3 is 5.97 Å². The third-order valence-corrected chi connectivity index (χ3v) is 4.93. The number of hydrogen-bond donors (Lipinski definition) is 2. The Morgan fingerprint density at radius 1 is 1.29 bits per heavy atom. The molecule has 2 N–H and O–H groups in total. The molecule has 8 heteroatoms. The Kier molecular flexibility index (Phi) is 6.56. The minimum atomic E-state index is -1.09. The van der Waals surface area contributed by atoms with Gasteiger partial charge in [-0.3, -0.25) is 9.59 Å². The van der Waals surface area contributed by atoms with Gasteiger partial charge in [-0.2, -0.15) is 0 Å². The SMILES string of the molecule is O=C(O)CSCCNC(=O)C1(c2ccc(F)cc2F)CCOCC1. The molecule has 1 saturated heterocycles. The fraction of sp³-hybridized carbons (Fsp3) is 0.500. The first-order valence-corrected chi connectivity index (χ1v) is 8.72. The highest BCUT2D eigenvalue weighted by atomic mass is 32.2. The number of carboxylic acids is 1. The molecule has 0 saturated carbocycles. The Morgan fingerprint density at radius 3 is 2.62 bits per heavy atom. The highest BCUT2D eigenvalue weighted by Gasteiger charge is 2.43. The highest BCUT2D eigenvalue weighted by molar-refractivity contribution is 7.99. The number of carbonyl (C=O) groups is 2. The van der Waals surface area contributed by atoms with Gasteiger partial charge in [-0.05, 0) is 18.9 Å². The molecule has 132 valence electrons. The summed E-state index contributed by atoms with van der Waals surface area (Å²) in [6, 6.07) is 3.24. The number of thioether (sulfide) groups is 1. The lowest BCUT2D eigenvalue weighted by Crippen LogP contribution is -2.49. The number of carbonyl (C=O) groups excluding carboxylic acids is 1. The van der Waals surface area contributed by atoms with Crippen LogP contribution in [0.15, 0.2) is 18.2 Å². The first kappa shape index (κ1) is 18.7. The number of halogens is 2. The molecule has 0 aromatic heterocycles. The Balaban J connectivity index is 2.09. The van der Waals surface area contributed by atoms with Crippen molar-refractivity contribution in [2.45, 2.75) is 18.3 Å². The Hall–Kier alpha value is -1.67. The number of ether oxygens (including phenoxy) is 1. The molecule has 0 spiro atoms. The molecule has 1 heterocycles. The van der Waals surface area contributed by atoms with Crippen LogP contribution in [0, 0.1) is 11.6 Å². The lowest BCUT2D eigenvalue weighted by Gasteiger charge is -2.36. The van der Waals surface area contributed by atoms with Crippen LogP contribution in [0.1, 0.15) is 18.4 Å². The Labute approximate surface area is 142 Å². The molecule has 0 radical (unpaired) electrons. The minimum Gasteiger partial charge on any atom is -0.481 e.